The van der Waals surface area contributed by atoms with Crippen molar-refractivity contribution in [2.24, 2.45) is 0 Å². The molecule has 0 fully saturated rings. The molecule has 0 saturated carbocycles. The summed E-state index contributed by atoms with van der Waals surface area (Å²) in [5, 5.41) is 8.66. The van der Waals surface area contributed by atoms with E-state index < -0.39 is 0 Å². The number of aryl methyl sites for hydroxylation is 1. The minimum Gasteiger partial charge on any atom is -0.296 e. The molecule has 0 unspecified atom stereocenters. The molecule has 4 nitrogen and oxygen atoms in total. The Bertz CT molecular complexity index is 784. The standard InChI is InChI=1S/C17H14ClN3O/c18-14-7-4-8-15(11-14)21-17(16(12-22)19-20-21)10-9-13-5-2-1-3-6-13/h1-8,11-12H,9-10H2. The van der Waals surface area contributed by atoms with E-state index in [2.05, 4.69) is 22.4 Å². The second-order valence-corrected chi connectivity index (χ2v) is 5.35. The zero-order valence-electron chi connectivity index (χ0n) is 11.8. The Kier molecular flexibility index (Phi) is 4.30. The van der Waals surface area contributed by atoms with Crippen molar-refractivity contribution in [1.82, 2.24) is 15.0 Å². The van der Waals surface area contributed by atoms with Gasteiger partial charge in [-0.15, -0.1) is 5.10 Å². The van der Waals surface area contributed by atoms with Crippen molar-refractivity contribution in [2.45, 2.75) is 12.8 Å². The molecule has 0 amide bonds. The Labute approximate surface area is 133 Å². The predicted octanol–water partition coefficient (Wildman–Crippen LogP) is 3.52. The molecule has 22 heavy (non-hydrogen) atoms. The molecule has 3 aromatic rings. The van der Waals surface area contributed by atoms with Crippen LogP contribution in [0.2, 0.25) is 5.02 Å². The minimum absolute atomic E-state index is 0.371. The highest BCUT2D eigenvalue weighted by Gasteiger charge is 2.14. The number of halogens is 1. The molecule has 0 aliphatic carbocycles. The second-order valence-electron chi connectivity index (χ2n) is 4.92. The van der Waals surface area contributed by atoms with Gasteiger partial charge in [-0.3, -0.25) is 4.79 Å². The molecule has 1 heterocycles. The molecule has 0 spiro atoms. The number of benzene rings is 2. The van der Waals surface area contributed by atoms with E-state index >= 15 is 0 Å². The normalized spacial score (nSPS) is 10.6. The highest BCUT2D eigenvalue weighted by molar-refractivity contribution is 6.30. The molecule has 0 aliphatic rings. The van der Waals surface area contributed by atoms with Gasteiger partial charge in [-0.05, 0) is 36.6 Å². The van der Waals surface area contributed by atoms with E-state index in [0.29, 0.717) is 17.1 Å². The van der Waals surface area contributed by atoms with E-state index in [4.69, 9.17) is 11.6 Å². The van der Waals surface area contributed by atoms with Gasteiger partial charge in [0.2, 0.25) is 0 Å². The molecule has 0 atom stereocenters. The average Bonchev–Trinajstić information content (AvgIpc) is 2.97. The van der Waals surface area contributed by atoms with Crippen LogP contribution in [-0.2, 0) is 12.8 Å². The molecule has 0 radical (unpaired) electrons. The van der Waals surface area contributed by atoms with Crippen LogP contribution in [0, 0.1) is 0 Å². The molecular weight excluding hydrogens is 298 g/mol. The Balaban J connectivity index is 1.92. The number of aldehydes is 1. The van der Waals surface area contributed by atoms with E-state index in [0.717, 1.165) is 24.1 Å². The van der Waals surface area contributed by atoms with Crippen molar-refractivity contribution in [2.75, 3.05) is 0 Å². The van der Waals surface area contributed by atoms with Crippen LogP contribution < -0.4 is 0 Å². The SMILES string of the molecule is O=Cc1nnn(-c2cccc(Cl)c2)c1CCc1ccccc1. The molecule has 0 saturated heterocycles. The number of hydrogen-bond acceptors (Lipinski definition) is 3. The summed E-state index contributed by atoms with van der Waals surface area (Å²) in [6.45, 7) is 0. The molecule has 5 heteroatoms. The topological polar surface area (TPSA) is 47.8 Å². The minimum atomic E-state index is 0.371. The van der Waals surface area contributed by atoms with E-state index in [-0.39, 0.29) is 0 Å². The lowest BCUT2D eigenvalue weighted by Crippen LogP contribution is -2.05. The van der Waals surface area contributed by atoms with Gasteiger partial charge in [0.1, 0.15) is 5.69 Å². The van der Waals surface area contributed by atoms with E-state index in [1.807, 2.05) is 30.3 Å². The molecule has 0 bridgehead atoms. The van der Waals surface area contributed by atoms with Gasteiger partial charge in [0, 0.05) is 5.02 Å². The van der Waals surface area contributed by atoms with E-state index in [9.17, 15) is 4.79 Å². The maximum absolute atomic E-state index is 11.2. The van der Waals surface area contributed by atoms with Gasteiger partial charge in [0.05, 0.1) is 11.4 Å². The summed E-state index contributed by atoms with van der Waals surface area (Å²) >= 11 is 6.03. The van der Waals surface area contributed by atoms with Gasteiger partial charge in [-0.1, -0.05) is 53.2 Å². The molecule has 0 aliphatic heterocycles. The lowest BCUT2D eigenvalue weighted by Gasteiger charge is -2.07. The van der Waals surface area contributed by atoms with Crippen LogP contribution in [0.4, 0.5) is 0 Å². The third-order valence-electron chi connectivity index (χ3n) is 3.45. The maximum Gasteiger partial charge on any atom is 0.172 e. The van der Waals surface area contributed by atoms with Crippen molar-refractivity contribution in [3.05, 3.63) is 76.6 Å². The van der Waals surface area contributed by atoms with Gasteiger partial charge in [-0.25, -0.2) is 4.68 Å². The number of nitrogens with zero attached hydrogens (tertiary/aromatic N) is 3. The van der Waals surface area contributed by atoms with Crippen LogP contribution in [0.25, 0.3) is 5.69 Å². The fraction of sp³-hybridized carbons (Fsp3) is 0.118. The summed E-state index contributed by atoms with van der Waals surface area (Å²) in [5.74, 6) is 0. The van der Waals surface area contributed by atoms with Crippen molar-refractivity contribution in [1.29, 1.82) is 0 Å². The van der Waals surface area contributed by atoms with Crippen LogP contribution in [0.3, 0.4) is 0 Å². The maximum atomic E-state index is 11.2. The van der Waals surface area contributed by atoms with Crippen LogP contribution in [0.15, 0.2) is 54.6 Å². The first-order valence-corrected chi connectivity index (χ1v) is 7.35. The third kappa shape index (κ3) is 3.07. The Hall–Kier alpha value is -2.46. The first-order chi connectivity index (χ1) is 10.8. The second kappa shape index (κ2) is 6.54. The van der Waals surface area contributed by atoms with Gasteiger partial charge >= 0.3 is 0 Å². The number of carbonyl (C=O) groups excluding carboxylic acids is 1. The quantitative estimate of drug-likeness (QED) is 0.677. The van der Waals surface area contributed by atoms with Crippen molar-refractivity contribution < 1.29 is 4.79 Å². The molecule has 2 aromatic carbocycles. The number of hydrogen-bond donors (Lipinski definition) is 0. The Morgan fingerprint density at radius 2 is 1.86 bits per heavy atom. The number of aromatic nitrogens is 3. The fourth-order valence-electron chi connectivity index (χ4n) is 2.36. The van der Waals surface area contributed by atoms with E-state index in [1.54, 1.807) is 16.8 Å². The zero-order chi connectivity index (χ0) is 15.4. The summed E-state index contributed by atoms with van der Waals surface area (Å²) in [6.07, 6.45) is 2.24. The van der Waals surface area contributed by atoms with Crippen LogP contribution >= 0.6 is 11.6 Å². The Morgan fingerprint density at radius 1 is 1.05 bits per heavy atom. The van der Waals surface area contributed by atoms with Gasteiger partial charge < -0.3 is 0 Å². The molecule has 110 valence electrons. The fourth-order valence-corrected chi connectivity index (χ4v) is 2.55. The Morgan fingerprint density at radius 3 is 2.59 bits per heavy atom. The first kappa shape index (κ1) is 14.5. The molecule has 3 rings (SSSR count). The summed E-state index contributed by atoms with van der Waals surface area (Å²) in [4.78, 5) is 11.2. The highest BCUT2D eigenvalue weighted by Crippen LogP contribution is 2.18. The predicted molar refractivity (Wildman–Crippen MR) is 85.6 cm³/mol. The first-order valence-electron chi connectivity index (χ1n) is 6.97. The zero-order valence-corrected chi connectivity index (χ0v) is 12.6. The van der Waals surface area contributed by atoms with E-state index in [1.165, 1.54) is 5.56 Å². The van der Waals surface area contributed by atoms with Crippen LogP contribution in [-0.4, -0.2) is 21.3 Å². The van der Waals surface area contributed by atoms with Crippen molar-refractivity contribution in [3.8, 4) is 5.69 Å². The number of rotatable bonds is 5. The summed E-state index contributed by atoms with van der Waals surface area (Å²) in [6, 6.07) is 17.5. The summed E-state index contributed by atoms with van der Waals surface area (Å²) < 4.78 is 1.68. The highest BCUT2D eigenvalue weighted by atomic mass is 35.5. The molecule has 0 N–H and O–H groups in total. The van der Waals surface area contributed by atoms with Crippen LogP contribution in [0.5, 0.6) is 0 Å². The van der Waals surface area contributed by atoms with Gasteiger partial charge in [-0.2, -0.15) is 0 Å². The van der Waals surface area contributed by atoms with Crippen molar-refractivity contribution in [3.63, 3.8) is 0 Å². The summed E-state index contributed by atoms with van der Waals surface area (Å²) in [5.41, 5.74) is 3.17. The lowest BCUT2D eigenvalue weighted by atomic mass is 10.1. The monoisotopic (exact) mass is 311 g/mol. The van der Waals surface area contributed by atoms with Gasteiger partial charge in [0.15, 0.2) is 6.29 Å². The van der Waals surface area contributed by atoms with Gasteiger partial charge in [0.25, 0.3) is 0 Å². The summed E-state index contributed by atoms with van der Waals surface area (Å²) in [7, 11) is 0. The molecular formula is C17H14ClN3O. The average molecular weight is 312 g/mol. The van der Waals surface area contributed by atoms with Crippen LogP contribution in [0.1, 0.15) is 21.7 Å². The lowest BCUT2D eigenvalue weighted by molar-refractivity contribution is 0.111. The third-order valence-corrected chi connectivity index (χ3v) is 3.69. The largest absolute Gasteiger partial charge is 0.296 e. The van der Waals surface area contributed by atoms with Crippen molar-refractivity contribution >= 4 is 17.9 Å². The number of carbonyl (C=O) groups is 1. The smallest absolute Gasteiger partial charge is 0.172 e. The molecule has 1 aromatic heterocycles.